The van der Waals surface area contributed by atoms with Crippen LogP contribution in [0.15, 0.2) is 58.2 Å². The first kappa shape index (κ1) is 15.6. The second kappa shape index (κ2) is 6.85. The fourth-order valence-corrected chi connectivity index (χ4v) is 3.16. The zero-order chi connectivity index (χ0) is 16.2. The van der Waals surface area contributed by atoms with E-state index in [1.165, 1.54) is 11.8 Å². The Labute approximate surface area is 138 Å². The van der Waals surface area contributed by atoms with Crippen molar-refractivity contribution in [1.82, 2.24) is 5.32 Å². The van der Waals surface area contributed by atoms with Crippen molar-refractivity contribution in [3.63, 3.8) is 0 Å². The van der Waals surface area contributed by atoms with Crippen LogP contribution in [0.1, 0.15) is 10.4 Å². The number of ether oxygens (including phenoxy) is 2. The van der Waals surface area contributed by atoms with Crippen molar-refractivity contribution < 1.29 is 14.3 Å². The number of carbonyl (C=O) groups is 1. The number of aldehydes is 1. The summed E-state index contributed by atoms with van der Waals surface area (Å²) in [5.41, 5.74) is 0.677. The fourth-order valence-electron chi connectivity index (χ4n) is 2.31. The number of methoxy groups -OCH3 is 2. The molecule has 1 aliphatic heterocycles. The molecule has 0 fully saturated rings. The molecule has 2 aromatic rings. The first-order valence-electron chi connectivity index (χ1n) is 7.03. The molecule has 0 radical (unpaired) electrons. The molecule has 1 aliphatic rings. The number of hydrogen-bond acceptors (Lipinski definition) is 6. The van der Waals surface area contributed by atoms with Gasteiger partial charge in [-0.1, -0.05) is 36.0 Å². The molecule has 2 aromatic carbocycles. The summed E-state index contributed by atoms with van der Waals surface area (Å²) in [6.45, 7) is 0. The van der Waals surface area contributed by atoms with Crippen molar-refractivity contribution in [3.05, 3.63) is 53.9 Å². The van der Waals surface area contributed by atoms with Gasteiger partial charge in [-0.15, -0.1) is 0 Å². The van der Waals surface area contributed by atoms with Gasteiger partial charge >= 0.3 is 0 Å². The Kier molecular flexibility index (Phi) is 4.64. The standard InChI is InChI=1S/C17H16N2O3S/c1-21-15-9-16(22-2)19-17(18-15)23-13-7-6-11-4-3-5-12(10-20)14(11)8-13/h3-10,15H,1-2H3,(H,18,19). The summed E-state index contributed by atoms with van der Waals surface area (Å²) in [6.07, 6.45) is 2.35. The molecule has 3 rings (SSSR count). The second-order valence-corrected chi connectivity index (χ2v) is 5.94. The number of benzene rings is 2. The Morgan fingerprint density at radius 3 is 2.87 bits per heavy atom. The summed E-state index contributed by atoms with van der Waals surface area (Å²) in [7, 11) is 3.18. The molecule has 0 spiro atoms. The molecule has 1 heterocycles. The maximum atomic E-state index is 11.2. The largest absolute Gasteiger partial charge is 0.481 e. The van der Waals surface area contributed by atoms with Crippen molar-refractivity contribution in [3.8, 4) is 0 Å². The van der Waals surface area contributed by atoms with Gasteiger partial charge < -0.3 is 14.8 Å². The molecular weight excluding hydrogens is 312 g/mol. The van der Waals surface area contributed by atoms with Crippen molar-refractivity contribution in [2.24, 2.45) is 4.99 Å². The van der Waals surface area contributed by atoms with Crippen molar-refractivity contribution in [2.45, 2.75) is 11.1 Å². The topological polar surface area (TPSA) is 59.9 Å². The van der Waals surface area contributed by atoms with Crippen molar-refractivity contribution >= 4 is 34.0 Å². The summed E-state index contributed by atoms with van der Waals surface area (Å²) >= 11 is 1.46. The number of nitrogens with zero attached hydrogens (tertiary/aromatic N) is 1. The van der Waals surface area contributed by atoms with Crippen LogP contribution in [0.2, 0.25) is 0 Å². The van der Waals surface area contributed by atoms with Gasteiger partial charge in [0.25, 0.3) is 0 Å². The van der Waals surface area contributed by atoms with Crippen LogP contribution in [0.3, 0.4) is 0 Å². The van der Waals surface area contributed by atoms with Gasteiger partial charge in [-0.2, -0.15) is 4.99 Å². The van der Waals surface area contributed by atoms with E-state index in [0.29, 0.717) is 16.6 Å². The molecule has 1 unspecified atom stereocenters. The van der Waals surface area contributed by atoms with Crippen LogP contribution in [0, 0.1) is 0 Å². The Hall–Kier alpha value is -2.31. The van der Waals surface area contributed by atoms with E-state index in [1.807, 2.05) is 36.4 Å². The first-order chi connectivity index (χ1) is 11.2. The zero-order valence-corrected chi connectivity index (χ0v) is 13.6. The molecule has 0 amide bonds. The molecule has 6 heteroatoms. The van der Waals surface area contributed by atoms with E-state index in [4.69, 9.17) is 9.47 Å². The molecule has 0 bridgehead atoms. The van der Waals surface area contributed by atoms with Gasteiger partial charge in [0, 0.05) is 23.6 Å². The quantitative estimate of drug-likeness (QED) is 0.874. The number of thioether (sulfide) groups is 1. The van der Waals surface area contributed by atoms with Gasteiger partial charge in [0.2, 0.25) is 5.88 Å². The molecular formula is C17H16N2O3S. The van der Waals surface area contributed by atoms with E-state index >= 15 is 0 Å². The minimum Gasteiger partial charge on any atom is -0.481 e. The minimum absolute atomic E-state index is 0.282. The zero-order valence-electron chi connectivity index (χ0n) is 12.8. The normalized spacial score (nSPS) is 17.2. The number of nitrogens with one attached hydrogen (secondary N) is 1. The van der Waals surface area contributed by atoms with Gasteiger partial charge in [-0.25, -0.2) is 0 Å². The van der Waals surface area contributed by atoms with Crippen LogP contribution in [0.5, 0.6) is 0 Å². The number of rotatable bonds is 4. The average molecular weight is 328 g/mol. The molecule has 1 N–H and O–H groups in total. The van der Waals surface area contributed by atoms with E-state index in [2.05, 4.69) is 10.3 Å². The molecule has 0 saturated carbocycles. The summed E-state index contributed by atoms with van der Waals surface area (Å²) in [5, 5.41) is 5.79. The van der Waals surface area contributed by atoms with Crippen LogP contribution in [-0.2, 0) is 9.47 Å². The Morgan fingerprint density at radius 2 is 2.13 bits per heavy atom. The molecule has 5 nitrogen and oxygen atoms in total. The highest BCUT2D eigenvalue weighted by atomic mass is 32.2. The molecule has 0 aromatic heterocycles. The van der Waals surface area contributed by atoms with E-state index in [9.17, 15) is 4.79 Å². The smallest absolute Gasteiger partial charge is 0.215 e. The molecule has 1 atom stereocenters. The molecule has 0 aliphatic carbocycles. The Bertz CT molecular complexity index is 802. The second-order valence-electron chi connectivity index (χ2n) is 4.88. The lowest BCUT2D eigenvalue weighted by Gasteiger charge is -2.21. The summed E-state index contributed by atoms with van der Waals surface area (Å²) in [4.78, 5) is 16.6. The summed E-state index contributed by atoms with van der Waals surface area (Å²) < 4.78 is 10.5. The van der Waals surface area contributed by atoms with E-state index in [-0.39, 0.29) is 6.23 Å². The number of carbonyl (C=O) groups excluding carboxylic acids is 1. The predicted octanol–water partition coefficient (Wildman–Crippen LogP) is 3.16. The van der Waals surface area contributed by atoms with Gasteiger partial charge in [0.05, 0.1) is 7.11 Å². The number of fused-ring (bicyclic) bond motifs is 1. The van der Waals surface area contributed by atoms with Crippen LogP contribution in [0.25, 0.3) is 10.8 Å². The predicted molar refractivity (Wildman–Crippen MR) is 91.7 cm³/mol. The van der Waals surface area contributed by atoms with Crippen molar-refractivity contribution in [2.75, 3.05) is 14.2 Å². The number of aliphatic imine (C=N–C) groups is 1. The van der Waals surface area contributed by atoms with Crippen LogP contribution >= 0.6 is 11.8 Å². The van der Waals surface area contributed by atoms with Gasteiger partial charge in [-0.3, -0.25) is 4.79 Å². The number of amidine groups is 1. The third-order valence-corrected chi connectivity index (χ3v) is 4.36. The minimum atomic E-state index is -0.282. The van der Waals surface area contributed by atoms with Crippen LogP contribution in [0.4, 0.5) is 0 Å². The summed E-state index contributed by atoms with van der Waals surface area (Å²) in [5.74, 6) is 0.507. The van der Waals surface area contributed by atoms with Gasteiger partial charge in [0.1, 0.15) is 0 Å². The number of hydrogen-bond donors (Lipinski definition) is 1. The fraction of sp³-hybridized carbons (Fsp3) is 0.176. The lowest BCUT2D eigenvalue weighted by atomic mass is 10.1. The maximum absolute atomic E-state index is 11.2. The first-order valence-corrected chi connectivity index (χ1v) is 7.85. The third-order valence-electron chi connectivity index (χ3n) is 3.46. The molecule has 23 heavy (non-hydrogen) atoms. The maximum Gasteiger partial charge on any atom is 0.215 e. The van der Waals surface area contributed by atoms with E-state index in [1.54, 1.807) is 20.3 Å². The van der Waals surface area contributed by atoms with E-state index in [0.717, 1.165) is 22.0 Å². The van der Waals surface area contributed by atoms with Gasteiger partial charge in [-0.05, 0) is 22.9 Å². The van der Waals surface area contributed by atoms with Crippen LogP contribution < -0.4 is 5.32 Å². The van der Waals surface area contributed by atoms with Crippen molar-refractivity contribution in [1.29, 1.82) is 0 Å². The lowest BCUT2D eigenvalue weighted by Crippen LogP contribution is -2.36. The average Bonchev–Trinajstić information content (AvgIpc) is 2.60. The SMILES string of the molecule is COC1=CC(OC)NC(Sc2ccc3cccc(C=O)c3c2)=N1. The highest BCUT2D eigenvalue weighted by molar-refractivity contribution is 8.13. The molecule has 0 saturated heterocycles. The third kappa shape index (κ3) is 3.38. The van der Waals surface area contributed by atoms with Crippen LogP contribution in [-0.4, -0.2) is 31.9 Å². The highest BCUT2D eigenvalue weighted by Gasteiger charge is 2.16. The highest BCUT2D eigenvalue weighted by Crippen LogP contribution is 2.27. The lowest BCUT2D eigenvalue weighted by molar-refractivity contribution is 0.112. The monoisotopic (exact) mass is 328 g/mol. The Morgan fingerprint density at radius 1 is 1.26 bits per heavy atom. The summed E-state index contributed by atoms with van der Waals surface area (Å²) in [6, 6.07) is 11.7. The molecule has 118 valence electrons. The van der Waals surface area contributed by atoms with E-state index < -0.39 is 0 Å². The van der Waals surface area contributed by atoms with Gasteiger partial charge in [0.15, 0.2) is 17.7 Å². The Balaban J connectivity index is 1.91.